The molecule has 2 unspecified atom stereocenters. The van der Waals surface area contributed by atoms with Crippen molar-refractivity contribution < 1.29 is 4.79 Å². The van der Waals surface area contributed by atoms with Gasteiger partial charge in [0.1, 0.15) is 5.82 Å². The molecule has 0 radical (unpaired) electrons. The highest BCUT2D eigenvalue weighted by Crippen LogP contribution is 2.56. The monoisotopic (exact) mass is 316 g/mol. The quantitative estimate of drug-likeness (QED) is 0.903. The van der Waals surface area contributed by atoms with E-state index in [0.717, 1.165) is 18.9 Å². The number of piperidine rings is 1. The molecule has 1 spiro atoms. The minimum absolute atomic E-state index is 0.176. The number of hydrogen-bond acceptors (Lipinski definition) is 3. The summed E-state index contributed by atoms with van der Waals surface area (Å²) in [7, 11) is 2.02. The Bertz CT molecular complexity index is 586. The van der Waals surface area contributed by atoms with Gasteiger partial charge in [-0.3, -0.25) is 4.79 Å². The largest absolute Gasteiger partial charge is 0.337 e. The predicted octanol–water partition coefficient (Wildman–Crippen LogP) is 1.94. The Morgan fingerprint density at radius 3 is 2.83 bits per heavy atom. The molecule has 0 aromatic carbocycles. The van der Waals surface area contributed by atoms with Gasteiger partial charge < -0.3 is 14.8 Å². The van der Waals surface area contributed by atoms with Gasteiger partial charge >= 0.3 is 0 Å². The molecule has 1 aromatic rings. The average molecular weight is 316 g/mol. The Balaban J connectivity index is 1.54. The Hall–Kier alpha value is -1.36. The summed E-state index contributed by atoms with van der Waals surface area (Å²) in [5.41, 5.74) is 0.384. The van der Waals surface area contributed by atoms with Crippen molar-refractivity contribution in [3.63, 3.8) is 0 Å². The molecule has 2 atom stereocenters. The van der Waals surface area contributed by atoms with Crippen molar-refractivity contribution in [3.8, 4) is 0 Å². The summed E-state index contributed by atoms with van der Waals surface area (Å²) in [5, 5.41) is 3.45. The molecule has 2 heterocycles. The van der Waals surface area contributed by atoms with Crippen LogP contribution in [0.25, 0.3) is 0 Å². The lowest BCUT2D eigenvalue weighted by atomic mass is 9.93. The smallest absolute Gasteiger partial charge is 0.226 e. The first-order valence-corrected chi connectivity index (χ1v) is 9.08. The molecule has 5 heteroatoms. The first kappa shape index (κ1) is 15.2. The molecule has 3 fully saturated rings. The van der Waals surface area contributed by atoms with Gasteiger partial charge in [0, 0.05) is 31.4 Å². The lowest BCUT2D eigenvalue weighted by molar-refractivity contribution is -0.137. The average Bonchev–Trinajstić information content (AvgIpc) is 3.47. The third kappa shape index (κ3) is 2.80. The fourth-order valence-corrected chi connectivity index (χ4v) is 4.33. The fraction of sp³-hybridized carbons (Fsp3) is 0.778. The maximum absolute atomic E-state index is 13.1. The van der Waals surface area contributed by atoms with Crippen LogP contribution < -0.4 is 5.32 Å². The van der Waals surface area contributed by atoms with E-state index in [1.165, 1.54) is 32.1 Å². The summed E-state index contributed by atoms with van der Waals surface area (Å²) < 4.78 is 2.04. The third-order valence-corrected chi connectivity index (χ3v) is 6.36. The molecule has 4 rings (SSSR count). The number of nitrogens with one attached hydrogen (secondary N) is 1. The van der Waals surface area contributed by atoms with E-state index in [1.54, 1.807) is 0 Å². The van der Waals surface area contributed by atoms with Gasteiger partial charge in [-0.05, 0) is 56.5 Å². The van der Waals surface area contributed by atoms with E-state index in [2.05, 4.69) is 22.1 Å². The van der Waals surface area contributed by atoms with E-state index < -0.39 is 0 Å². The number of amides is 1. The van der Waals surface area contributed by atoms with Crippen LogP contribution in [0.3, 0.4) is 0 Å². The van der Waals surface area contributed by atoms with E-state index in [0.29, 0.717) is 29.8 Å². The van der Waals surface area contributed by atoms with Crippen molar-refractivity contribution in [1.82, 2.24) is 19.8 Å². The van der Waals surface area contributed by atoms with Crippen molar-refractivity contribution in [2.24, 2.45) is 24.3 Å². The van der Waals surface area contributed by atoms with Gasteiger partial charge in [0.05, 0.1) is 6.54 Å². The Morgan fingerprint density at radius 1 is 1.48 bits per heavy atom. The van der Waals surface area contributed by atoms with Crippen LogP contribution in [0.2, 0.25) is 0 Å². The molecule has 0 bridgehead atoms. The Kier molecular flexibility index (Phi) is 3.71. The zero-order valence-electron chi connectivity index (χ0n) is 14.3. The Labute approximate surface area is 138 Å². The van der Waals surface area contributed by atoms with Gasteiger partial charge in [-0.15, -0.1) is 0 Å². The molecular weight excluding hydrogens is 288 g/mol. The van der Waals surface area contributed by atoms with E-state index in [-0.39, 0.29) is 5.92 Å². The number of rotatable bonds is 5. The van der Waals surface area contributed by atoms with Crippen LogP contribution in [0.1, 0.15) is 44.9 Å². The molecule has 2 aliphatic carbocycles. The van der Waals surface area contributed by atoms with Crippen molar-refractivity contribution in [1.29, 1.82) is 0 Å². The molecule has 3 aliphatic rings. The van der Waals surface area contributed by atoms with Crippen LogP contribution in [-0.2, 0) is 18.4 Å². The molecule has 2 saturated carbocycles. The number of aromatic nitrogens is 2. The van der Waals surface area contributed by atoms with Gasteiger partial charge in [0.15, 0.2) is 0 Å². The van der Waals surface area contributed by atoms with E-state index in [1.807, 2.05) is 24.0 Å². The number of hydrogen-bond donors (Lipinski definition) is 1. The van der Waals surface area contributed by atoms with E-state index in [4.69, 9.17) is 0 Å². The maximum Gasteiger partial charge on any atom is 0.226 e. The minimum Gasteiger partial charge on any atom is -0.337 e. The number of carbonyl (C=O) groups is 1. The predicted molar refractivity (Wildman–Crippen MR) is 88.6 cm³/mol. The fourth-order valence-electron chi connectivity index (χ4n) is 4.33. The third-order valence-electron chi connectivity index (χ3n) is 6.36. The van der Waals surface area contributed by atoms with Gasteiger partial charge in [0.2, 0.25) is 5.91 Å². The molecule has 23 heavy (non-hydrogen) atoms. The lowest BCUT2D eigenvalue weighted by Gasteiger charge is -2.31. The Morgan fingerprint density at radius 2 is 2.22 bits per heavy atom. The first-order valence-electron chi connectivity index (χ1n) is 9.08. The molecular formula is C18H28N4O. The summed E-state index contributed by atoms with van der Waals surface area (Å²) in [6.45, 7) is 4.99. The van der Waals surface area contributed by atoms with Crippen LogP contribution in [0, 0.1) is 17.3 Å². The molecule has 5 nitrogen and oxygen atoms in total. The topological polar surface area (TPSA) is 50.2 Å². The van der Waals surface area contributed by atoms with Gasteiger partial charge in [0.25, 0.3) is 0 Å². The summed E-state index contributed by atoms with van der Waals surface area (Å²) in [5.74, 6) is 2.15. The second kappa shape index (κ2) is 5.62. The van der Waals surface area contributed by atoms with Gasteiger partial charge in [-0.1, -0.05) is 6.92 Å². The highest BCUT2D eigenvalue weighted by molar-refractivity contribution is 5.80. The highest BCUT2D eigenvalue weighted by Gasteiger charge is 2.58. The van der Waals surface area contributed by atoms with Crippen molar-refractivity contribution >= 4 is 5.91 Å². The van der Waals surface area contributed by atoms with Crippen molar-refractivity contribution in [2.45, 2.75) is 51.6 Å². The van der Waals surface area contributed by atoms with Crippen LogP contribution in [-0.4, -0.2) is 39.5 Å². The molecule has 1 aliphatic heterocycles. The van der Waals surface area contributed by atoms with E-state index in [9.17, 15) is 4.79 Å². The summed E-state index contributed by atoms with van der Waals surface area (Å²) in [6, 6.07) is 0.426. The lowest BCUT2D eigenvalue weighted by Crippen LogP contribution is -2.42. The number of nitrogens with zero attached hydrogens (tertiary/aromatic N) is 3. The molecule has 126 valence electrons. The standard InChI is InChI=1S/C18H28N4O/c1-13(14-3-4-14)17(23)22(12-16-20-9-10-21(16)2)15-11-18(15)5-7-19-8-6-18/h9-10,13-15,19H,3-8,11-12H2,1-2H3. The van der Waals surface area contributed by atoms with Crippen molar-refractivity contribution in [3.05, 3.63) is 18.2 Å². The molecule has 1 saturated heterocycles. The summed E-state index contributed by atoms with van der Waals surface area (Å²) >= 11 is 0. The van der Waals surface area contributed by atoms with Gasteiger partial charge in [-0.2, -0.15) is 0 Å². The highest BCUT2D eigenvalue weighted by atomic mass is 16.2. The van der Waals surface area contributed by atoms with Crippen LogP contribution in [0.5, 0.6) is 0 Å². The molecule has 1 amide bonds. The van der Waals surface area contributed by atoms with Crippen molar-refractivity contribution in [2.75, 3.05) is 13.1 Å². The number of imidazole rings is 1. The summed E-state index contributed by atoms with van der Waals surface area (Å²) in [4.78, 5) is 19.8. The molecule has 1 N–H and O–H groups in total. The zero-order valence-corrected chi connectivity index (χ0v) is 14.3. The second-order valence-electron chi connectivity index (χ2n) is 7.88. The van der Waals surface area contributed by atoms with Crippen LogP contribution in [0.4, 0.5) is 0 Å². The first-order chi connectivity index (χ1) is 11.1. The summed E-state index contributed by atoms with van der Waals surface area (Å²) in [6.07, 6.45) is 9.85. The number of aryl methyl sites for hydroxylation is 1. The minimum atomic E-state index is 0.176. The maximum atomic E-state index is 13.1. The molecule has 1 aromatic heterocycles. The normalized spacial score (nSPS) is 27.0. The zero-order chi connectivity index (χ0) is 16.0. The van der Waals surface area contributed by atoms with Crippen LogP contribution in [0.15, 0.2) is 12.4 Å². The number of carbonyl (C=O) groups excluding carboxylic acids is 1. The van der Waals surface area contributed by atoms with E-state index >= 15 is 0 Å². The van der Waals surface area contributed by atoms with Gasteiger partial charge in [-0.25, -0.2) is 4.98 Å². The van der Waals surface area contributed by atoms with Crippen LogP contribution >= 0.6 is 0 Å². The SMILES string of the molecule is CC(C(=O)N(Cc1nccn1C)C1CC12CCNCC2)C1CC1. The second-order valence-corrected chi connectivity index (χ2v) is 7.88.